The molecule has 0 radical (unpaired) electrons. The van der Waals surface area contributed by atoms with E-state index in [1.165, 1.54) is 0 Å². The maximum absolute atomic E-state index is 5.80. The Morgan fingerprint density at radius 1 is 0.846 bits per heavy atom. The maximum Gasteiger partial charge on any atom is 0.126 e. The number of nitrogens with zero attached hydrogens (tertiary/aromatic N) is 1. The zero-order valence-corrected chi connectivity index (χ0v) is 15.7. The molecule has 0 saturated heterocycles. The second-order valence-corrected chi connectivity index (χ2v) is 6.91. The minimum Gasteiger partial charge on any atom is -0.465 e. The van der Waals surface area contributed by atoms with E-state index in [1.807, 2.05) is 73.7 Å². The van der Waals surface area contributed by atoms with Crippen LogP contribution in [-0.2, 0) is 0 Å². The summed E-state index contributed by atoms with van der Waals surface area (Å²) in [6.07, 6.45) is 1.77. The molecule has 0 aliphatic heterocycles. The lowest BCUT2D eigenvalue weighted by atomic mass is 10.2. The van der Waals surface area contributed by atoms with Crippen LogP contribution in [0, 0.1) is 6.92 Å². The molecule has 3 aromatic carbocycles. The summed E-state index contributed by atoms with van der Waals surface area (Å²) in [6.45, 7) is 4.10. The third kappa shape index (κ3) is 5.11. The topological polar surface area (TPSA) is 21.6 Å². The highest BCUT2D eigenvalue weighted by Crippen LogP contribution is 2.28. The summed E-state index contributed by atoms with van der Waals surface area (Å²) in [5, 5.41) is 0.918. The van der Waals surface area contributed by atoms with Gasteiger partial charge in [0.2, 0.25) is 0 Å². The fraction of sp³-hybridized carbons (Fsp3) is 0.0870. The van der Waals surface area contributed by atoms with Gasteiger partial charge in [0.25, 0.3) is 0 Å². The normalized spacial score (nSPS) is 12.1. The van der Waals surface area contributed by atoms with Gasteiger partial charge >= 0.3 is 0 Å². The SMILES string of the molecule is CC(=C\Oc1ccccc1)/C(=N/c1ccccc1C)Sc1ccccc1. The third-order valence-electron chi connectivity index (χ3n) is 3.75. The van der Waals surface area contributed by atoms with Gasteiger partial charge in [0.1, 0.15) is 10.8 Å². The van der Waals surface area contributed by atoms with Crippen LogP contribution in [0.2, 0.25) is 0 Å². The predicted octanol–water partition coefficient (Wildman–Crippen LogP) is 6.80. The molecule has 3 aromatic rings. The zero-order chi connectivity index (χ0) is 18.2. The smallest absolute Gasteiger partial charge is 0.126 e. The summed E-state index contributed by atoms with van der Waals surface area (Å²) in [6, 6.07) is 28.2. The molecule has 26 heavy (non-hydrogen) atoms. The first-order chi connectivity index (χ1) is 12.7. The van der Waals surface area contributed by atoms with Gasteiger partial charge in [-0.25, -0.2) is 4.99 Å². The van der Waals surface area contributed by atoms with E-state index >= 15 is 0 Å². The number of thioether (sulfide) groups is 1. The van der Waals surface area contributed by atoms with Crippen LogP contribution in [0.3, 0.4) is 0 Å². The van der Waals surface area contributed by atoms with Crippen LogP contribution in [-0.4, -0.2) is 5.04 Å². The highest BCUT2D eigenvalue weighted by Gasteiger charge is 2.08. The van der Waals surface area contributed by atoms with E-state index in [-0.39, 0.29) is 0 Å². The van der Waals surface area contributed by atoms with Crippen molar-refractivity contribution < 1.29 is 4.74 Å². The lowest BCUT2D eigenvalue weighted by Crippen LogP contribution is -1.97. The standard InChI is InChI=1S/C23H21NOS/c1-18-11-9-10-16-22(18)24-23(26-21-14-7-4-8-15-21)19(2)17-25-20-12-5-3-6-13-20/h3-17H,1-2H3/b19-17+,24-23-. The Labute approximate surface area is 159 Å². The molecule has 0 fully saturated rings. The van der Waals surface area contributed by atoms with Gasteiger partial charge in [-0.3, -0.25) is 0 Å². The Balaban J connectivity index is 1.90. The number of aryl methyl sites for hydroxylation is 1. The number of hydrogen-bond acceptors (Lipinski definition) is 3. The predicted molar refractivity (Wildman–Crippen MR) is 111 cm³/mol. The molecule has 0 atom stereocenters. The number of aliphatic imine (C=N–C) groups is 1. The fourth-order valence-electron chi connectivity index (χ4n) is 2.30. The molecule has 0 bridgehead atoms. The first-order valence-corrected chi connectivity index (χ1v) is 9.30. The molecular weight excluding hydrogens is 338 g/mol. The molecule has 0 aliphatic rings. The van der Waals surface area contributed by atoms with Crippen LogP contribution in [0.4, 0.5) is 5.69 Å². The van der Waals surface area contributed by atoms with Crippen LogP contribution >= 0.6 is 11.8 Å². The highest BCUT2D eigenvalue weighted by atomic mass is 32.2. The van der Waals surface area contributed by atoms with Crippen molar-refractivity contribution in [1.29, 1.82) is 0 Å². The van der Waals surface area contributed by atoms with E-state index in [4.69, 9.17) is 9.73 Å². The molecule has 0 N–H and O–H groups in total. The first kappa shape index (κ1) is 18.0. The molecule has 0 spiro atoms. The van der Waals surface area contributed by atoms with E-state index in [1.54, 1.807) is 18.0 Å². The Bertz CT molecular complexity index is 902. The minimum atomic E-state index is 0.812. The molecule has 0 aliphatic carbocycles. The van der Waals surface area contributed by atoms with Gasteiger partial charge in [-0.05, 0) is 49.7 Å². The van der Waals surface area contributed by atoms with Gasteiger partial charge < -0.3 is 4.74 Å². The van der Waals surface area contributed by atoms with Gasteiger partial charge in [0, 0.05) is 10.5 Å². The molecule has 0 unspecified atom stereocenters. The van der Waals surface area contributed by atoms with Crippen molar-refractivity contribution in [3.63, 3.8) is 0 Å². The van der Waals surface area contributed by atoms with Crippen molar-refractivity contribution >= 4 is 22.5 Å². The molecule has 130 valence electrons. The number of rotatable bonds is 5. The molecule has 0 saturated carbocycles. The molecule has 0 heterocycles. The second-order valence-electron chi connectivity index (χ2n) is 5.85. The Hall–Kier alpha value is -2.78. The Kier molecular flexibility index (Phi) is 6.29. The first-order valence-electron chi connectivity index (χ1n) is 8.48. The lowest BCUT2D eigenvalue weighted by Gasteiger charge is -2.09. The minimum absolute atomic E-state index is 0.812. The number of hydrogen-bond donors (Lipinski definition) is 0. The summed E-state index contributed by atoms with van der Waals surface area (Å²) in [4.78, 5) is 6.04. The fourth-order valence-corrected chi connectivity index (χ4v) is 3.17. The van der Waals surface area contributed by atoms with Gasteiger partial charge in [-0.15, -0.1) is 0 Å². The highest BCUT2D eigenvalue weighted by molar-refractivity contribution is 8.14. The van der Waals surface area contributed by atoms with Gasteiger partial charge in [-0.1, -0.05) is 66.4 Å². The largest absolute Gasteiger partial charge is 0.465 e. The zero-order valence-electron chi connectivity index (χ0n) is 14.9. The number of benzene rings is 3. The number of ether oxygens (including phenoxy) is 1. The summed E-state index contributed by atoms with van der Waals surface area (Å²) in [5.41, 5.74) is 3.10. The van der Waals surface area contributed by atoms with Gasteiger partial charge in [0.05, 0.1) is 11.9 Å². The average Bonchev–Trinajstić information content (AvgIpc) is 2.69. The average molecular weight is 359 g/mol. The van der Waals surface area contributed by atoms with E-state index in [2.05, 4.69) is 25.1 Å². The van der Waals surface area contributed by atoms with E-state index in [0.717, 1.165) is 32.5 Å². The molecule has 3 rings (SSSR count). The molecular formula is C23H21NOS. The van der Waals surface area contributed by atoms with Crippen molar-refractivity contribution in [3.8, 4) is 5.75 Å². The van der Waals surface area contributed by atoms with Crippen LogP contribution < -0.4 is 4.74 Å². The van der Waals surface area contributed by atoms with Crippen LogP contribution in [0.25, 0.3) is 0 Å². The second kappa shape index (κ2) is 9.07. The van der Waals surface area contributed by atoms with Crippen molar-refractivity contribution in [2.75, 3.05) is 0 Å². The maximum atomic E-state index is 5.80. The van der Waals surface area contributed by atoms with Crippen molar-refractivity contribution in [2.45, 2.75) is 18.7 Å². The monoisotopic (exact) mass is 359 g/mol. The van der Waals surface area contributed by atoms with Crippen molar-refractivity contribution in [1.82, 2.24) is 0 Å². The van der Waals surface area contributed by atoms with E-state index in [0.29, 0.717) is 0 Å². The summed E-state index contributed by atoms with van der Waals surface area (Å²) < 4.78 is 5.80. The Morgan fingerprint density at radius 2 is 1.46 bits per heavy atom. The van der Waals surface area contributed by atoms with Crippen LogP contribution in [0.1, 0.15) is 12.5 Å². The molecule has 3 heteroatoms. The van der Waals surface area contributed by atoms with E-state index in [9.17, 15) is 0 Å². The lowest BCUT2D eigenvalue weighted by molar-refractivity contribution is 0.478. The molecule has 0 amide bonds. The Morgan fingerprint density at radius 3 is 2.15 bits per heavy atom. The quantitative estimate of drug-likeness (QED) is 0.216. The van der Waals surface area contributed by atoms with Gasteiger partial charge in [-0.2, -0.15) is 0 Å². The molecule has 2 nitrogen and oxygen atoms in total. The van der Waals surface area contributed by atoms with Crippen molar-refractivity contribution in [2.24, 2.45) is 4.99 Å². The van der Waals surface area contributed by atoms with Crippen LogP contribution in [0.15, 0.2) is 107 Å². The van der Waals surface area contributed by atoms with Gasteiger partial charge in [0.15, 0.2) is 0 Å². The van der Waals surface area contributed by atoms with Crippen molar-refractivity contribution in [3.05, 3.63) is 102 Å². The molecule has 0 aromatic heterocycles. The number of para-hydroxylation sites is 2. The van der Waals surface area contributed by atoms with Crippen LogP contribution in [0.5, 0.6) is 5.75 Å². The third-order valence-corrected chi connectivity index (χ3v) is 4.86. The summed E-state index contributed by atoms with van der Waals surface area (Å²) in [5.74, 6) is 0.812. The summed E-state index contributed by atoms with van der Waals surface area (Å²) in [7, 11) is 0. The van der Waals surface area contributed by atoms with E-state index < -0.39 is 0 Å². The summed E-state index contributed by atoms with van der Waals surface area (Å²) >= 11 is 1.64.